The van der Waals surface area contributed by atoms with Crippen molar-refractivity contribution in [3.63, 3.8) is 0 Å². The first-order valence-electron chi connectivity index (χ1n) is 7.95. The van der Waals surface area contributed by atoms with Crippen LogP contribution in [0, 0.1) is 5.41 Å². The van der Waals surface area contributed by atoms with Crippen LogP contribution in [0.1, 0.15) is 39.5 Å². The Labute approximate surface area is 138 Å². The van der Waals surface area contributed by atoms with Crippen LogP contribution in [-0.4, -0.2) is 53.5 Å². The van der Waals surface area contributed by atoms with Crippen molar-refractivity contribution in [2.45, 2.75) is 39.5 Å². The highest BCUT2D eigenvalue weighted by atomic mass is 32.2. The summed E-state index contributed by atoms with van der Waals surface area (Å²) in [7, 11) is 0. The van der Waals surface area contributed by atoms with Crippen LogP contribution < -0.4 is 11.1 Å². The number of nitrogens with two attached hydrogens (primary N) is 1. The lowest BCUT2D eigenvalue weighted by Gasteiger charge is -2.32. The van der Waals surface area contributed by atoms with E-state index in [1.165, 1.54) is 11.5 Å². The third kappa shape index (κ3) is 5.42. The van der Waals surface area contributed by atoms with Gasteiger partial charge in [-0.05, 0) is 12.8 Å². The minimum atomic E-state index is -0.656. The van der Waals surface area contributed by atoms with E-state index < -0.39 is 5.41 Å². The van der Waals surface area contributed by atoms with Gasteiger partial charge in [0, 0.05) is 37.7 Å². The SMILES string of the molecule is CCCC(CCC)(C(=O)NCCN1CCSCC1)C(N)=S. The minimum absolute atomic E-state index is 0.0186. The number of nitrogens with zero attached hydrogens (tertiary/aromatic N) is 1. The van der Waals surface area contributed by atoms with Crippen LogP contribution >= 0.6 is 24.0 Å². The Bertz CT molecular complexity index is 338. The molecule has 0 saturated carbocycles. The molecule has 0 aromatic heterocycles. The summed E-state index contributed by atoms with van der Waals surface area (Å²) in [6.07, 6.45) is 3.30. The van der Waals surface area contributed by atoms with Gasteiger partial charge in [-0.3, -0.25) is 9.69 Å². The summed E-state index contributed by atoms with van der Waals surface area (Å²) in [5.41, 5.74) is 5.26. The molecule has 0 aromatic rings. The average molecular weight is 332 g/mol. The van der Waals surface area contributed by atoms with Gasteiger partial charge in [0.15, 0.2) is 0 Å². The molecular weight excluding hydrogens is 302 g/mol. The highest BCUT2D eigenvalue weighted by molar-refractivity contribution is 7.99. The third-order valence-electron chi connectivity index (χ3n) is 4.08. The molecule has 0 bridgehead atoms. The molecule has 1 saturated heterocycles. The molecule has 4 nitrogen and oxygen atoms in total. The van der Waals surface area contributed by atoms with E-state index in [1.54, 1.807) is 0 Å². The molecule has 1 fully saturated rings. The van der Waals surface area contributed by atoms with Gasteiger partial charge in [0.2, 0.25) is 5.91 Å². The maximum Gasteiger partial charge on any atom is 0.233 e. The van der Waals surface area contributed by atoms with E-state index in [0.29, 0.717) is 11.5 Å². The van der Waals surface area contributed by atoms with Crippen molar-refractivity contribution < 1.29 is 4.79 Å². The fourth-order valence-electron chi connectivity index (χ4n) is 2.89. The first-order chi connectivity index (χ1) is 10.1. The van der Waals surface area contributed by atoms with Crippen LogP contribution in [-0.2, 0) is 4.79 Å². The number of hydrogen-bond donors (Lipinski definition) is 2. The molecule has 6 heteroatoms. The number of amides is 1. The van der Waals surface area contributed by atoms with E-state index in [4.69, 9.17) is 18.0 Å². The molecule has 0 aliphatic carbocycles. The molecule has 1 heterocycles. The second-order valence-electron chi connectivity index (χ2n) is 5.66. The van der Waals surface area contributed by atoms with E-state index >= 15 is 0 Å². The van der Waals surface area contributed by atoms with Gasteiger partial charge in [-0.1, -0.05) is 38.9 Å². The fourth-order valence-corrected chi connectivity index (χ4v) is 4.16. The Morgan fingerprint density at radius 1 is 1.29 bits per heavy atom. The van der Waals surface area contributed by atoms with Gasteiger partial charge < -0.3 is 11.1 Å². The predicted molar refractivity (Wildman–Crippen MR) is 95.8 cm³/mol. The van der Waals surface area contributed by atoms with Crippen molar-refractivity contribution in [3.05, 3.63) is 0 Å². The zero-order valence-electron chi connectivity index (χ0n) is 13.3. The zero-order chi connectivity index (χ0) is 15.7. The summed E-state index contributed by atoms with van der Waals surface area (Å²) in [4.78, 5) is 15.4. The molecule has 1 aliphatic heterocycles. The van der Waals surface area contributed by atoms with E-state index in [9.17, 15) is 4.79 Å². The van der Waals surface area contributed by atoms with Crippen molar-refractivity contribution in [3.8, 4) is 0 Å². The maximum atomic E-state index is 12.6. The second kappa shape index (κ2) is 9.64. The van der Waals surface area contributed by atoms with Crippen LogP contribution in [0.2, 0.25) is 0 Å². The van der Waals surface area contributed by atoms with E-state index in [0.717, 1.165) is 45.3 Å². The Morgan fingerprint density at radius 2 is 1.86 bits per heavy atom. The monoisotopic (exact) mass is 331 g/mol. The molecule has 1 rings (SSSR count). The topological polar surface area (TPSA) is 58.4 Å². The Balaban J connectivity index is 2.52. The van der Waals surface area contributed by atoms with Gasteiger partial charge in [0.1, 0.15) is 0 Å². The summed E-state index contributed by atoms with van der Waals surface area (Å²) >= 11 is 7.21. The van der Waals surface area contributed by atoms with Crippen LogP contribution in [0.25, 0.3) is 0 Å². The smallest absolute Gasteiger partial charge is 0.233 e. The number of rotatable bonds is 9. The molecule has 0 radical (unpaired) electrons. The molecule has 0 aromatic carbocycles. The fraction of sp³-hybridized carbons (Fsp3) is 0.867. The van der Waals surface area contributed by atoms with Crippen molar-refractivity contribution in [1.29, 1.82) is 0 Å². The third-order valence-corrected chi connectivity index (χ3v) is 5.41. The lowest BCUT2D eigenvalue weighted by molar-refractivity contribution is -0.128. The van der Waals surface area contributed by atoms with Crippen molar-refractivity contribution in [2.75, 3.05) is 37.7 Å². The highest BCUT2D eigenvalue weighted by Gasteiger charge is 2.39. The van der Waals surface area contributed by atoms with E-state index in [1.807, 2.05) is 11.8 Å². The average Bonchev–Trinajstić information content (AvgIpc) is 2.47. The molecule has 3 N–H and O–H groups in total. The van der Waals surface area contributed by atoms with Gasteiger partial charge in [0.05, 0.1) is 10.4 Å². The van der Waals surface area contributed by atoms with Crippen molar-refractivity contribution >= 4 is 34.9 Å². The van der Waals surface area contributed by atoms with Gasteiger partial charge in [0.25, 0.3) is 0 Å². The summed E-state index contributed by atoms with van der Waals surface area (Å²) in [5, 5.41) is 3.07. The van der Waals surface area contributed by atoms with Gasteiger partial charge in [-0.15, -0.1) is 0 Å². The maximum absolute atomic E-state index is 12.6. The molecule has 1 amide bonds. The molecule has 0 spiro atoms. The Morgan fingerprint density at radius 3 is 2.33 bits per heavy atom. The standard InChI is InChI=1S/C15H29N3OS2/c1-3-5-15(6-4-2,13(16)20)14(19)17-7-8-18-9-11-21-12-10-18/h3-12H2,1-2H3,(H2,16,20)(H,17,19). The summed E-state index contributed by atoms with van der Waals surface area (Å²) in [5.74, 6) is 2.40. The summed E-state index contributed by atoms with van der Waals surface area (Å²) in [6.45, 7) is 7.97. The lowest BCUT2D eigenvalue weighted by atomic mass is 9.78. The number of hydrogen-bond acceptors (Lipinski definition) is 4. The molecular formula is C15H29N3OS2. The molecule has 1 aliphatic rings. The predicted octanol–water partition coefficient (Wildman–Crippen LogP) is 2.02. The highest BCUT2D eigenvalue weighted by Crippen LogP contribution is 2.30. The van der Waals surface area contributed by atoms with Gasteiger partial charge in [-0.25, -0.2) is 0 Å². The van der Waals surface area contributed by atoms with Crippen LogP contribution in [0.3, 0.4) is 0 Å². The number of nitrogens with one attached hydrogen (secondary N) is 1. The number of thioether (sulfide) groups is 1. The first-order valence-corrected chi connectivity index (χ1v) is 9.51. The second-order valence-corrected chi connectivity index (χ2v) is 7.32. The Kier molecular flexibility index (Phi) is 8.59. The van der Waals surface area contributed by atoms with Gasteiger partial charge in [-0.2, -0.15) is 11.8 Å². The summed E-state index contributed by atoms with van der Waals surface area (Å²) < 4.78 is 0. The molecule has 0 unspecified atom stereocenters. The zero-order valence-corrected chi connectivity index (χ0v) is 15.0. The lowest BCUT2D eigenvalue weighted by Crippen LogP contribution is -2.50. The first kappa shape index (κ1) is 18.7. The van der Waals surface area contributed by atoms with Crippen LogP contribution in [0.4, 0.5) is 0 Å². The quantitative estimate of drug-likeness (QED) is 0.633. The number of thiocarbonyl (C=S) groups is 1. The van der Waals surface area contributed by atoms with Crippen LogP contribution in [0.5, 0.6) is 0 Å². The molecule has 21 heavy (non-hydrogen) atoms. The van der Waals surface area contributed by atoms with Gasteiger partial charge >= 0.3 is 0 Å². The minimum Gasteiger partial charge on any atom is -0.392 e. The Hall–Kier alpha value is -0.330. The van der Waals surface area contributed by atoms with E-state index in [-0.39, 0.29) is 5.91 Å². The van der Waals surface area contributed by atoms with E-state index in [2.05, 4.69) is 24.1 Å². The summed E-state index contributed by atoms with van der Waals surface area (Å²) in [6, 6.07) is 0. The number of carbonyl (C=O) groups excluding carboxylic acids is 1. The van der Waals surface area contributed by atoms with Crippen LogP contribution in [0.15, 0.2) is 0 Å². The van der Waals surface area contributed by atoms with Crippen molar-refractivity contribution in [2.24, 2.45) is 11.1 Å². The molecule has 122 valence electrons. The largest absolute Gasteiger partial charge is 0.392 e. The van der Waals surface area contributed by atoms with Crippen molar-refractivity contribution in [1.82, 2.24) is 10.2 Å². The number of carbonyl (C=O) groups is 1. The molecule has 0 atom stereocenters. The normalized spacial score (nSPS) is 16.7.